The first kappa shape index (κ1) is 11.5. The third-order valence-electron chi connectivity index (χ3n) is 2.70. The monoisotopic (exact) mass is 232 g/mol. The molecule has 1 heterocycles. The highest BCUT2D eigenvalue weighted by atomic mass is 19.1. The van der Waals surface area contributed by atoms with Crippen LogP contribution in [0, 0.1) is 5.82 Å². The molecule has 0 aliphatic carbocycles. The van der Waals surface area contributed by atoms with Crippen LogP contribution < -0.4 is 0 Å². The lowest BCUT2D eigenvalue weighted by Gasteiger charge is -2.03. The number of nitrogens with zero attached hydrogens (tertiary/aromatic N) is 2. The summed E-state index contributed by atoms with van der Waals surface area (Å²) < 4.78 is 15.1. The first-order chi connectivity index (χ1) is 8.18. The Bertz CT molecular complexity index is 534. The van der Waals surface area contributed by atoms with Gasteiger partial charge < -0.3 is 0 Å². The van der Waals surface area contributed by atoms with Gasteiger partial charge in [-0.3, -0.25) is 9.48 Å². The summed E-state index contributed by atoms with van der Waals surface area (Å²) in [5.74, 6) is -0.633. The van der Waals surface area contributed by atoms with Crippen LogP contribution in [0.1, 0.15) is 22.5 Å². The van der Waals surface area contributed by atoms with Crippen LogP contribution in [0.15, 0.2) is 36.5 Å². The number of rotatable bonds is 4. The number of aromatic nitrogens is 2. The molecule has 2 aromatic rings. The molecule has 4 heteroatoms. The molecule has 0 spiro atoms. The summed E-state index contributed by atoms with van der Waals surface area (Å²) in [6.07, 6.45) is 2.55. The normalized spacial score (nSPS) is 10.5. The SMILES string of the molecule is Cn1nccc1CCC(=O)c1ccccc1F. The van der Waals surface area contributed by atoms with Crippen molar-refractivity contribution in [3.05, 3.63) is 53.6 Å². The molecule has 0 aliphatic heterocycles. The summed E-state index contributed by atoms with van der Waals surface area (Å²) in [7, 11) is 1.82. The third kappa shape index (κ3) is 2.58. The molecule has 0 radical (unpaired) electrons. The van der Waals surface area contributed by atoms with Crippen molar-refractivity contribution in [2.75, 3.05) is 0 Å². The molecule has 0 fully saturated rings. The fourth-order valence-corrected chi connectivity index (χ4v) is 1.71. The maximum Gasteiger partial charge on any atom is 0.166 e. The quantitative estimate of drug-likeness (QED) is 0.758. The second kappa shape index (κ2) is 4.91. The molecule has 0 atom stereocenters. The largest absolute Gasteiger partial charge is 0.294 e. The van der Waals surface area contributed by atoms with Crippen molar-refractivity contribution in [3.8, 4) is 0 Å². The number of ketones is 1. The van der Waals surface area contributed by atoms with Crippen molar-refractivity contribution in [2.45, 2.75) is 12.8 Å². The van der Waals surface area contributed by atoms with Crippen LogP contribution in [0.2, 0.25) is 0 Å². The maximum atomic E-state index is 13.3. The van der Waals surface area contributed by atoms with Crippen molar-refractivity contribution >= 4 is 5.78 Å². The first-order valence-corrected chi connectivity index (χ1v) is 5.43. The van der Waals surface area contributed by atoms with Crippen LogP contribution >= 0.6 is 0 Å². The van der Waals surface area contributed by atoms with Crippen molar-refractivity contribution in [1.82, 2.24) is 9.78 Å². The number of benzene rings is 1. The van der Waals surface area contributed by atoms with Gasteiger partial charge in [-0.05, 0) is 24.6 Å². The molecular weight excluding hydrogens is 219 g/mol. The molecule has 0 N–H and O–H groups in total. The van der Waals surface area contributed by atoms with Gasteiger partial charge in [-0.15, -0.1) is 0 Å². The highest BCUT2D eigenvalue weighted by molar-refractivity contribution is 5.96. The summed E-state index contributed by atoms with van der Waals surface area (Å²) in [5.41, 5.74) is 1.13. The van der Waals surface area contributed by atoms with Crippen LogP contribution in [0.25, 0.3) is 0 Å². The van der Waals surface area contributed by atoms with E-state index in [1.165, 1.54) is 12.1 Å². The molecule has 0 saturated carbocycles. The first-order valence-electron chi connectivity index (χ1n) is 5.43. The minimum absolute atomic E-state index is 0.162. The zero-order valence-electron chi connectivity index (χ0n) is 9.56. The number of hydrogen-bond donors (Lipinski definition) is 0. The van der Waals surface area contributed by atoms with E-state index in [1.807, 2.05) is 13.1 Å². The third-order valence-corrected chi connectivity index (χ3v) is 2.70. The average molecular weight is 232 g/mol. The lowest BCUT2D eigenvalue weighted by atomic mass is 10.1. The molecule has 1 aromatic carbocycles. The van der Waals surface area contributed by atoms with E-state index in [2.05, 4.69) is 5.10 Å². The zero-order valence-corrected chi connectivity index (χ0v) is 9.56. The van der Waals surface area contributed by atoms with Gasteiger partial charge >= 0.3 is 0 Å². The number of carbonyl (C=O) groups excluding carboxylic acids is 1. The van der Waals surface area contributed by atoms with Gasteiger partial charge in [0.05, 0.1) is 5.56 Å². The molecule has 88 valence electrons. The summed E-state index contributed by atoms with van der Waals surface area (Å²) in [5, 5.41) is 4.02. The highest BCUT2D eigenvalue weighted by Gasteiger charge is 2.11. The Morgan fingerprint density at radius 1 is 1.35 bits per heavy atom. The van der Waals surface area contributed by atoms with E-state index in [4.69, 9.17) is 0 Å². The number of halogens is 1. The molecular formula is C13H13FN2O. The second-order valence-electron chi connectivity index (χ2n) is 3.85. The van der Waals surface area contributed by atoms with Crippen LogP contribution in [0.3, 0.4) is 0 Å². The van der Waals surface area contributed by atoms with E-state index in [0.717, 1.165) is 5.69 Å². The standard InChI is InChI=1S/C13H13FN2O/c1-16-10(8-9-15-16)6-7-13(17)11-4-2-3-5-12(11)14/h2-5,8-9H,6-7H2,1H3. The molecule has 0 amide bonds. The molecule has 0 bridgehead atoms. The summed E-state index contributed by atoms with van der Waals surface area (Å²) in [4.78, 5) is 11.8. The zero-order chi connectivity index (χ0) is 12.3. The van der Waals surface area contributed by atoms with Gasteiger partial charge in [0.2, 0.25) is 0 Å². The predicted octanol–water partition coefficient (Wildman–Crippen LogP) is 2.37. The van der Waals surface area contributed by atoms with Crippen molar-refractivity contribution in [3.63, 3.8) is 0 Å². The van der Waals surface area contributed by atoms with Gasteiger partial charge in [-0.1, -0.05) is 12.1 Å². The lowest BCUT2D eigenvalue weighted by molar-refractivity contribution is 0.0978. The van der Waals surface area contributed by atoms with E-state index >= 15 is 0 Å². The van der Waals surface area contributed by atoms with Crippen molar-refractivity contribution in [1.29, 1.82) is 0 Å². The minimum Gasteiger partial charge on any atom is -0.294 e. The smallest absolute Gasteiger partial charge is 0.166 e. The fourth-order valence-electron chi connectivity index (χ4n) is 1.71. The summed E-state index contributed by atoms with van der Waals surface area (Å²) >= 11 is 0. The molecule has 0 unspecified atom stereocenters. The Hall–Kier alpha value is -1.97. The summed E-state index contributed by atoms with van der Waals surface area (Å²) in [6, 6.07) is 7.92. The van der Waals surface area contributed by atoms with Gasteiger partial charge in [0.1, 0.15) is 5.82 Å². The Morgan fingerprint density at radius 3 is 2.76 bits per heavy atom. The second-order valence-corrected chi connectivity index (χ2v) is 3.85. The summed E-state index contributed by atoms with van der Waals surface area (Å²) in [6.45, 7) is 0. The predicted molar refractivity (Wildman–Crippen MR) is 62.3 cm³/mol. The lowest BCUT2D eigenvalue weighted by Crippen LogP contribution is -2.06. The van der Waals surface area contributed by atoms with Crippen LogP contribution in [0.5, 0.6) is 0 Å². The van der Waals surface area contributed by atoms with Crippen molar-refractivity contribution < 1.29 is 9.18 Å². The molecule has 0 aliphatic rings. The Balaban J connectivity index is 2.04. The maximum absolute atomic E-state index is 13.3. The Kier molecular flexibility index (Phi) is 3.32. The number of Topliss-reactive ketones (excluding diaryl/α,β-unsaturated/α-hetero) is 1. The van der Waals surface area contributed by atoms with Gasteiger partial charge in [0.15, 0.2) is 5.78 Å². The van der Waals surface area contributed by atoms with Gasteiger partial charge in [0.25, 0.3) is 0 Å². The van der Waals surface area contributed by atoms with Crippen LogP contribution in [-0.2, 0) is 13.5 Å². The molecule has 1 aromatic heterocycles. The number of carbonyl (C=O) groups is 1. The van der Waals surface area contributed by atoms with Gasteiger partial charge in [-0.2, -0.15) is 5.10 Å². The molecule has 3 nitrogen and oxygen atoms in total. The molecule has 17 heavy (non-hydrogen) atoms. The Labute approximate surface area is 98.9 Å². The van der Waals surface area contributed by atoms with E-state index in [-0.39, 0.29) is 11.3 Å². The average Bonchev–Trinajstić information content (AvgIpc) is 2.72. The number of hydrogen-bond acceptors (Lipinski definition) is 2. The fraction of sp³-hybridized carbons (Fsp3) is 0.231. The van der Waals surface area contributed by atoms with Crippen molar-refractivity contribution in [2.24, 2.45) is 7.05 Å². The van der Waals surface area contributed by atoms with E-state index in [0.29, 0.717) is 12.8 Å². The molecule has 2 rings (SSSR count). The minimum atomic E-state index is -0.456. The van der Waals surface area contributed by atoms with E-state index < -0.39 is 5.82 Å². The number of aryl methyl sites for hydroxylation is 2. The van der Waals surface area contributed by atoms with Crippen LogP contribution in [0.4, 0.5) is 4.39 Å². The van der Waals surface area contributed by atoms with E-state index in [9.17, 15) is 9.18 Å². The van der Waals surface area contributed by atoms with Gasteiger partial charge in [0, 0.05) is 25.4 Å². The highest BCUT2D eigenvalue weighted by Crippen LogP contribution is 2.11. The van der Waals surface area contributed by atoms with Gasteiger partial charge in [-0.25, -0.2) is 4.39 Å². The Morgan fingerprint density at radius 2 is 2.12 bits per heavy atom. The van der Waals surface area contributed by atoms with Crippen LogP contribution in [-0.4, -0.2) is 15.6 Å². The molecule has 0 saturated heterocycles. The topological polar surface area (TPSA) is 34.9 Å². The van der Waals surface area contributed by atoms with E-state index in [1.54, 1.807) is 23.0 Å².